The van der Waals surface area contributed by atoms with Crippen LogP contribution in [-0.4, -0.2) is 37.1 Å². The fourth-order valence-electron chi connectivity index (χ4n) is 4.45. The summed E-state index contributed by atoms with van der Waals surface area (Å²) in [6, 6.07) is 0.748. The van der Waals surface area contributed by atoms with E-state index in [1.165, 1.54) is 58.3 Å². The van der Waals surface area contributed by atoms with Gasteiger partial charge in [-0.05, 0) is 63.3 Å². The Balaban J connectivity index is 1.51. The van der Waals surface area contributed by atoms with Crippen molar-refractivity contribution < 1.29 is 0 Å². The van der Waals surface area contributed by atoms with E-state index in [4.69, 9.17) is 0 Å². The largest absolute Gasteiger partial charge is 0.314 e. The van der Waals surface area contributed by atoms with Crippen LogP contribution in [0.5, 0.6) is 0 Å². The Bertz CT molecular complexity index is 241. The monoisotopic (exact) mass is 236 g/mol. The third-order valence-corrected chi connectivity index (χ3v) is 5.17. The molecule has 4 unspecified atom stereocenters. The van der Waals surface area contributed by atoms with Crippen LogP contribution in [0.3, 0.4) is 0 Å². The lowest BCUT2D eigenvalue weighted by atomic mass is 9.77. The van der Waals surface area contributed by atoms with Gasteiger partial charge in [0.25, 0.3) is 0 Å². The Morgan fingerprint density at radius 2 is 1.82 bits per heavy atom. The van der Waals surface area contributed by atoms with E-state index in [0.29, 0.717) is 0 Å². The van der Waals surface area contributed by atoms with Crippen LogP contribution >= 0.6 is 0 Å². The number of hydrogen-bond donors (Lipinski definition) is 1. The molecule has 2 heteroatoms. The summed E-state index contributed by atoms with van der Waals surface area (Å²) in [5, 5.41) is 3.57. The molecule has 3 aliphatic rings. The topological polar surface area (TPSA) is 15.3 Å². The first-order valence-electron chi connectivity index (χ1n) is 7.75. The van der Waals surface area contributed by atoms with Crippen LogP contribution < -0.4 is 5.32 Å². The van der Waals surface area contributed by atoms with Crippen LogP contribution in [0.4, 0.5) is 0 Å². The Morgan fingerprint density at radius 3 is 2.53 bits per heavy atom. The third kappa shape index (κ3) is 3.03. The average molecular weight is 236 g/mol. The summed E-state index contributed by atoms with van der Waals surface area (Å²) in [6.45, 7) is 7.80. The Hall–Kier alpha value is -0.0800. The molecule has 4 atom stereocenters. The third-order valence-electron chi connectivity index (χ3n) is 5.17. The first-order chi connectivity index (χ1) is 8.29. The Kier molecular flexibility index (Phi) is 3.72. The maximum Gasteiger partial charge on any atom is 0.00418 e. The van der Waals surface area contributed by atoms with Crippen LogP contribution in [0, 0.1) is 17.8 Å². The van der Waals surface area contributed by atoms with E-state index in [1.807, 2.05) is 0 Å². The highest BCUT2D eigenvalue weighted by atomic mass is 15.1. The lowest BCUT2D eigenvalue weighted by Crippen LogP contribution is -2.47. The highest BCUT2D eigenvalue weighted by Crippen LogP contribution is 2.35. The molecule has 3 rings (SSSR count). The molecule has 0 aromatic heterocycles. The molecule has 2 heterocycles. The fraction of sp³-hybridized carbons (Fsp3) is 1.00. The van der Waals surface area contributed by atoms with Crippen molar-refractivity contribution in [3.63, 3.8) is 0 Å². The first-order valence-corrected chi connectivity index (χ1v) is 7.75. The van der Waals surface area contributed by atoms with Gasteiger partial charge >= 0.3 is 0 Å². The smallest absolute Gasteiger partial charge is 0.00418 e. The van der Waals surface area contributed by atoms with Crippen molar-refractivity contribution in [2.45, 2.75) is 51.5 Å². The van der Waals surface area contributed by atoms with Crippen LogP contribution in [0.2, 0.25) is 0 Å². The molecular formula is C15H28N2. The number of likely N-dealkylation sites (tertiary alicyclic amines) is 1. The number of nitrogens with one attached hydrogen (secondary N) is 1. The SMILES string of the molecule is CC1CC(CN2CC3CCCC(C3)C2)CCN1. The standard InChI is InChI=1S/C15H28N2/c1-12-7-15(5-6-16-12)11-17-9-13-3-2-4-14(8-13)10-17/h12-16H,2-11H2,1H3. The van der Waals surface area contributed by atoms with Crippen molar-refractivity contribution in [3.05, 3.63) is 0 Å². The van der Waals surface area contributed by atoms with Crippen molar-refractivity contribution in [1.29, 1.82) is 0 Å². The number of nitrogens with zero attached hydrogens (tertiary/aromatic N) is 1. The van der Waals surface area contributed by atoms with Crippen molar-refractivity contribution in [1.82, 2.24) is 10.2 Å². The van der Waals surface area contributed by atoms with Gasteiger partial charge in [0, 0.05) is 25.7 Å². The van der Waals surface area contributed by atoms with Crippen molar-refractivity contribution in [2.75, 3.05) is 26.2 Å². The van der Waals surface area contributed by atoms with Crippen molar-refractivity contribution in [3.8, 4) is 0 Å². The number of hydrogen-bond acceptors (Lipinski definition) is 2. The molecule has 0 spiro atoms. The zero-order valence-corrected chi connectivity index (χ0v) is 11.3. The van der Waals surface area contributed by atoms with Gasteiger partial charge < -0.3 is 10.2 Å². The second kappa shape index (κ2) is 5.27. The maximum absolute atomic E-state index is 3.57. The minimum atomic E-state index is 0.748. The summed E-state index contributed by atoms with van der Waals surface area (Å²) in [5.74, 6) is 3.05. The lowest BCUT2D eigenvalue weighted by molar-refractivity contribution is 0.0668. The molecule has 2 bridgehead atoms. The molecule has 98 valence electrons. The first kappa shape index (κ1) is 12.0. The quantitative estimate of drug-likeness (QED) is 0.792. The zero-order valence-electron chi connectivity index (χ0n) is 11.3. The van der Waals surface area contributed by atoms with Gasteiger partial charge in [-0.3, -0.25) is 0 Å². The van der Waals surface area contributed by atoms with Crippen LogP contribution in [0.15, 0.2) is 0 Å². The van der Waals surface area contributed by atoms with Crippen molar-refractivity contribution >= 4 is 0 Å². The number of piperidine rings is 2. The lowest BCUT2D eigenvalue weighted by Gasteiger charge is -2.43. The number of rotatable bonds is 2. The van der Waals surface area contributed by atoms with E-state index >= 15 is 0 Å². The van der Waals surface area contributed by atoms with Gasteiger partial charge in [-0.15, -0.1) is 0 Å². The normalized spacial score (nSPS) is 43.6. The highest BCUT2D eigenvalue weighted by Gasteiger charge is 2.31. The second-order valence-corrected chi connectivity index (χ2v) is 6.86. The van der Waals surface area contributed by atoms with Gasteiger partial charge in [-0.1, -0.05) is 6.42 Å². The second-order valence-electron chi connectivity index (χ2n) is 6.86. The number of fused-ring (bicyclic) bond motifs is 2. The van der Waals surface area contributed by atoms with Crippen LogP contribution in [-0.2, 0) is 0 Å². The van der Waals surface area contributed by atoms with E-state index in [0.717, 1.165) is 23.8 Å². The van der Waals surface area contributed by atoms with E-state index in [9.17, 15) is 0 Å². The molecule has 0 amide bonds. The van der Waals surface area contributed by atoms with Gasteiger partial charge in [-0.25, -0.2) is 0 Å². The molecule has 0 aromatic rings. The molecule has 2 nitrogen and oxygen atoms in total. The summed E-state index contributed by atoms with van der Waals surface area (Å²) < 4.78 is 0. The molecule has 0 radical (unpaired) electrons. The zero-order chi connectivity index (χ0) is 11.7. The summed E-state index contributed by atoms with van der Waals surface area (Å²) in [5.41, 5.74) is 0. The Morgan fingerprint density at radius 1 is 1.06 bits per heavy atom. The van der Waals surface area contributed by atoms with Crippen LogP contribution in [0.1, 0.15) is 45.4 Å². The molecule has 2 saturated heterocycles. The van der Waals surface area contributed by atoms with Crippen LogP contribution in [0.25, 0.3) is 0 Å². The van der Waals surface area contributed by atoms with E-state index in [-0.39, 0.29) is 0 Å². The predicted molar refractivity (Wildman–Crippen MR) is 72.1 cm³/mol. The molecule has 0 aromatic carbocycles. The van der Waals surface area contributed by atoms with Gasteiger partial charge in [0.1, 0.15) is 0 Å². The molecule has 3 fully saturated rings. The van der Waals surface area contributed by atoms with E-state index in [2.05, 4.69) is 17.1 Å². The molecule has 17 heavy (non-hydrogen) atoms. The summed E-state index contributed by atoms with van der Waals surface area (Å²) >= 11 is 0. The van der Waals surface area contributed by atoms with Gasteiger partial charge in [0.05, 0.1) is 0 Å². The minimum absolute atomic E-state index is 0.748. The van der Waals surface area contributed by atoms with Crippen molar-refractivity contribution in [2.24, 2.45) is 17.8 Å². The van der Waals surface area contributed by atoms with E-state index < -0.39 is 0 Å². The Labute approximate surface area is 106 Å². The fourth-order valence-corrected chi connectivity index (χ4v) is 4.45. The molecule has 1 saturated carbocycles. The summed E-state index contributed by atoms with van der Waals surface area (Å²) in [6.07, 6.45) is 8.86. The summed E-state index contributed by atoms with van der Waals surface area (Å²) in [4.78, 5) is 2.81. The molecular weight excluding hydrogens is 208 g/mol. The average Bonchev–Trinajstić information content (AvgIpc) is 2.28. The molecule has 2 aliphatic heterocycles. The van der Waals surface area contributed by atoms with Gasteiger partial charge in [0.2, 0.25) is 0 Å². The minimum Gasteiger partial charge on any atom is -0.314 e. The van der Waals surface area contributed by atoms with E-state index in [1.54, 1.807) is 6.42 Å². The highest BCUT2D eigenvalue weighted by molar-refractivity contribution is 4.85. The maximum atomic E-state index is 3.57. The van der Waals surface area contributed by atoms with Gasteiger partial charge in [0.15, 0.2) is 0 Å². The summed E-state index contributed by atoms with van der Waals surface area (Å²) in [7, 11) is 0. The predicted octanol–water partition coefficient (Wildman–Crippen LogP) is 2.50. The van der Waals surface area contributed by atoms with Gasteiger partial charge in [-0.2, -0.15) is 0 Å². The molecule has 1 aliphatic carbocycles. The molecule has 1 N–H and O–H groups in total.